The lowest BCUT2D eigenvalue weighted by molar-refractivity contribution is -0.120. The molecule has 0 aromatic heterocycles. The summed E-state index contributed by atoms with van der Waals surface area (Å²) in [5.74, 6) is -1.73. The number of esters is 1. The normalized spacial score (nSPS) is 13.9. The van der Waals surface area contributed by atoms with Gasteiger partial charge in [0.25, 0.3) is 11.8 Å². The van der Waals surface area contributed by atoms with Crippen molar-refractivity contribution in [3.63, 3.8) is 0 Å². The van der Waals surface area contributed by atoms with E-state index in [9.17, 15) is 19.2 Å². The van der Waals surface area contributed by atoms with E-state index in [1.807, 2.05) is 20.8 Å². The van der Waals surface area contributed by atoms with Gasteiger partial charge >= 0.3 is 5.97 Å². The monoisotopic (exact) mass is 422 g/mol. The highest BCUT2D eigenvalue weighted by Gasteiger charge is 2.42. The summed E-state index contributed by atoms with van der Waals surface area (Å²) >= 11 is 0. The van der Waals surface area contributed by atoms with E-state index in [4.69, 9.17) is 4.74 Å². The zero-order valence-corrected chi connectivity index (χ0v) is 17.9. The summed E-state index contributed by atoms with van der Waals surface area (Å²) < 4.78 is 5.09. The van der Waals surface area contributed by atoms with Crippen LogP contribution in [0.4, 0.5) is 5.69 Å². The predicted octanol–water partition coefficient (Wildman–Crippen LogP) is 3.90. The van der Waals surface area contributed by atoms with Gasteiger partial charge in [-0.15, -0.1) is 0 Å². The molecule has 0 radical (unpaired) electrons. The van der Waals surface area contributed by atoms with Crippen molar-refractivity contribution in [1.29, 1.82) is 0 Å². The summed E-state index contributed by atoms with van der Waals surface area (Å²) in [4.78, 5) is 51.8. The molecule has 7 nitrogen and oxygen atoms in total. The molecule has 0 aliphatic carbocycles. The number of carbonyl (C=O) groups excluding carboxylic acids is 4. The molecule has 2 aromatic carbocycles. The van der Waals surface area contributed by atoms with Crippen LogP contribution in [-0.4, -0.2) is 41.2 Å². The number of ether oxygens (including phenoxy) is 1. The maximum atomic E-state index is 13.1. The number of hydrogen-bond donors (Lipinski definition) is 1. The SMILES string of the molecule is CCCOC(=O)c1ccc(NC(=O)[C@H](CC(C)C)N2C(=O)c3ccccc3C2=O)cc1. The quantitative estimate of drug-likeness (QED) is 0.514. The van der Waals surface area contributed by atoms with Crippen LogP contribution in [0.25, 0.3) is 0 Å². The average Bonchev–Trinajstić information content (AvgIpc) is 3.01. The van der Waals surface area contributed by atoms with Gasteiger partial charge in [0, 0.05) is 5.69 Å². The molecule has 31 heavy (non-hydrogen) atoms. The van der Waals surface area contributed by atoms with Crippen LogP contribution in [0.1, 0.15) is 64.7 Å². The third kappa shape index (κ3) is 4.82. The Hall–Kier alpha value is -3.48. The molecule has 3 rings (SSSR count). The first kappa shape index (κ1) is 22.2. The lowest BCUT2D eigenvalue weighted by Gasteiger charge is -2.26. The van der Waals surface area contributed by atoms with Crippen LogP contribution < -0.4 is 5.32 Å². The van der Waals surface area contributed by atoms with E-state index in [0.29, 0.717) is 35.4 Å². The first-order chi connectivity index (χ1) is 14.8. The van der Waals surface area contributed by atoms with Gasteiger partial charge in [0.15, 0.2) is 0 Å². The van der Waals surface area contributed by atoms with Gasteiger partial charge < -0.3 is 10.1 Å². The van der Waals surface area contributed by atoms with Crippen LogP contribution in [0.3, 0.4) is 0 Å². The predicted molar refractivity (Wildman–Crippen MR) is 116 cm³/mol. The van der Waals surface area contributed by atoms with Crippen molar-refractivity contribution < 1.29 is 23.9 Å². The smallest absolute Gasteiger partial charge is 0.338 e. The molecule has 1 heterocycles. The Morgan fingerprint density at radius 1 is 0.968 bits per heavy atom. The third-order valence-corrected chi connectivity index (χ3v) is 4.96. The molecule has 2 aromatic rings. The Morgan fingerprint density at radius 3 is 2.06 bits per heavy atom. The molecule has 1 atom stereocenters. The second kappa shape index (κ2) is 9.55. The molecule has 0 saturated heterocycles. The number of anilines is 1. The van der Waals surface area contributed by atoms with Crippen LogP contribution in [0.5, 0.6) is 0 Å². The van der Waals surface area contributed by atoms with Crippen molar-refractivity contribution in [3.05, 3.63) is 65.2 Å². The number of amides is 3. The van der Waals surface area contributed by atoms with Crippen molar-refractivity contribution in [2.24, 2.45) is 5.92 Å². The summed E-state index contributed by atoms with van der Waals surface area (Å²) in [6, 6.07) is 11.9. The van der Waals surface area contributed by atoms with Crippen LogP contribution in [-0.2, 0) is 9.53 Å². The zero-order valence-electron chi connectivity index (χ0n) is 17.9. The fourth-order valence-corrected chi connectivity index (χ4v) is 3.46. The van der Waals surface area contributed by atoms with Gasteiger partial charge in [-0.25, -0.2) is 4.79 Å². The molecule has 3 amide bonds. The minimum atomic E-state index is -0.943. The first-order valence-electron chi connectivity index (χ1n) is 10.4. The lowest BCUT2D eigenvalue weighted by Crippen LogP contribution is -2.47. The molecular formula is C24H26N2O5. The maximum Gasteiger partial charge on any atom is 0.338 e. The Labute approximate surface area is 181 Å². The fraction of sp³-hybridized carbons (Fsp3) is 0.333. The van der Waals surface area contributed by atoms with Crippen molar-refractivity contribution in [2.75, 3.05) is 11.9 Å². The van der Waals surface area contributed by atoms with E-state index in [1.165, 1.54) is 0 Å². The molecule has 0 unspecified atom stereocenters. The van der Waals surface area contributed by atoms with Gasteiger partial charge in [-0.3, -0.25) is 19.3 Å². The maximum absolute atomic E-state index is 13.1. The summed E-state index contributed by atoms with van der Waals surface area (Å²) in [6.07, 6.45) is 1.06. The zero-order chi connectivity index (χ0) is 22.5. The van der Waals surface area contributed by atoms with Gasteiger partial charge in [0.05, 0.1) is 23.3 Å². The lowest BCUT2D eigenvalue weighted by atomic mass is 10.0. The average molecular weight is 422 g/mol. The van der Waals surface area contributed by atoms with Crippen molar-refractivity contribution in [1.82, 2.24) is 4.90 Å². The van der Waals surface area contributed by atoms with E-state index < -0.39 is 29.7 Å². The molecule has 0 bridgehead atoms. The molecule has 0 saturated carbocycles. The highest BCUT2D eigenvalue weighted by molar-refractivity contribution is 6.23. The number of rotatable bonds is 8. The second-order valence-electron chi connectivity index (χ2n) is 7.87. The van der Waals surface area contributed by atoms with Crippen molar-refractivity contribution in [3.8, 4) is 0 Å². The summed E-state index contributed by atoms with van der Waals surface area (Å²) in [5.41, 5.74) is 1.46. The fourth-order valence-electron chi connectivity index (χ4n) is 3.46. The first-order valence-corrected chi connectivity index (χ1v) is 10.4. The number of nitrogens with one attached hydrogen (secondary N) is 1. The number of nitrogens with zero attached hydrogens (tertiary/aromatic N) is 1. The number of fused-ring (bicyclic) bond motifs is 1. The topological polar surface area (TPSA) is 92.8 Å². The standard InChI is InChI=1S/C24H26N2O5/c1-4-13-31-24(30)16-9-11-17(12-10-16)25-21(27)20(14-15(2)3)26-22(28)18-7-5-6-8-19(18)23(26)29/h5-12,15,20H,4,13-14H2,1-3H3,(H,25,27)/t20-/m0/s1. The second-order valence-corrected chi connectivity index (χ2v) is 7.87. The molecule has 7 heteroatoms. The number of carbonyl (C=O) groups is 4. The third-order valence-electron chi connectivity index (χ3n) is 4.96. The number of benzene rings is 2. The molecule has 0 spiro atoms. The van der Waals surface area contributed by atoms with E-state index in [0.717, 1.165) is 11.3 Å². The molecular weight excluding hydrogens is 396 g/mol. The van der Waals surface area contributed by atoms with Crippen LogP contribution >= 0.6 is 0 Å². The van der Waals surface area contributed by atoms with E-state index >= 15 is 0 Å². The van der Waals surface area contributed by atoms with Crippen molar-refractivity contribution in [2.45, 2.75) is 39.7 Å². The molecule has 162 valence electrons. The van der Waals surface area contributed by atoms with Gasteiger partial charge in [-0.1, -0.05) is 32.9 Å². The number of imide groups is 1. The van der Waals surface area contributed by atoms with Gasteiger partial charge in [0.2, 0.25) is 5.91 Å². The molecule has 0 fully saturated rings. The van der Waals surface area contributed by atoms with E-state index in [2.05, 4.69) is 5.32 Å². The Morgan fingerprint density at radius 2 is 1.55 bits per heavy atom. The Kier molecular flexibility index (Phi) is 6.84. The molecule has 1 aliphatic rings. The molecule has 1 N–H and O–H groups in total. The Balaban J connectivity index is 1.78. The van der Waals surface area contributed by atoms with E-state index in [1.54, 1.807) is 48.5 Å². The van der Waals surface area contributed by atoms with Gasteiger partial charge in [0.1, 0.15) is 6.04 Å². The largest absolute Gasteiger partial charge is 0.462 e. The van der Waals surface area contributed by atoms with Gasteiger partial charge in [-0.2, -0.15) is 0 Å². The Bertz CT molecular complexity index is 962. The minimum Gasteiger partial charge on any atom is -0.462 e. The minimum absolute atomic E-state index is 0.0794. The van der Waals surface area contributed by atoms with Crippen LogP contribution in [0, 0.1) is 5.92 Å². The summed E-state index contributed by atoms with van der Waals surface area (Å²) in [7, 11) is 0. The van der Waals surface area contributed by atoms with E-state index in [-0.39, 0.29) is 5.92 Å². The highest BCUT2D eigenvalue weighted by atomic mass is 16.5. The summed E-state index contributed by atoms with van der Waals surface area (Å²) in [5, 5.41) is 2.76. The number of hydrogen-bond acceptors (Lipinski definition) is 5. The molecule has 1 aliphatic heterocycles. The van der Waals surface area contributed by atoms with Crippen LogP contribution in [0.15, 0.2) is 48.5 Å². The van der Waals surface area contributed by atoms with Crippen molar-refractivity contribution >= 4 is 29.4 Å². The summed E-state index contributed by atoms with van der Waals surface area (Å²) in [6.45, 7) is 6.10. The highest BCUT2D eigenvalue weighted by Crippen LogP contribution is 2.27. The van der Waals surface area contributed by atoms with Crippen LogP contribution in [0.2, 0.25) is 0 Å². The van der Waals surface area contributed by atoms with Gasteiger partial charge in [-0.05, 0) is 55.2 Å².